The lowest BCUT2D eigenvalue weighted by atomic mass is 9.98. The van der Waals surface area contributed by atoms with E-state index in [4.69, 9.17) is 0 Å². The van der Waals surface area contributed by atoms with Crippen LogP contribution >= 0.6 is 0 Å². The number of aromatic nitrogens is 1. The number of hydrogen-bond donors (Lipinski definition) is 2. The van der Waals surface area contributed by atoms with Gasteiger partial charge < -0.3 is 5.32 Å². The Morgan fingerprint density at radius 3 is 2.28 bits per heavy atom. The molecule has 1 aromatic heterocycles. The van der Waals surface area contributed by atoms with Crippen LogP contribution in [0.25, 0.3) is 0 Å². The SMILES string of the molecule is N#CC1(NC(=O)[C@H](CS(=O)(=O)Cc2cccnc2)N[C@@H](c2ccc(F)cc2)C(F)(F)C(F)(F)F)CC1. The molecule has 36 heavy (non-hydrogen) atoms. The Morgan fingerprint density at radius 1 is 1.14 bits per heavy atom. The summed E-state index contributed by atoms with van der Waals surface area (Å²) in [6.07, 6.45) is -3.11. The summed E-state index contributed by atoms with van der Waals surface area (Å²) in [7, 11) is -4.27. The second-order valence-electron chi connectivity index (χ2n) is 8.42. The molecule has 1 aromatic carbocycles. The van der Waals surface area contributed by atoms with E-state index in [9.17, 15) is 44.8 Å². The van der Waals surface area contributed by atoms with E-state index in [1.54, 1.807) is 6.07 Å². The van der Waals surface area contributed by atoms with Gasteiger partial charge in [-0.1, -0.05) is 18.2 Å². The minimum Gasteiger partial charge on any atom is -0.336 e. The van der Waals surface area contributed by atoms with E-state index in [0.29, 0.717) is 24.3 Å². The molecule has 1 aliphatic carbocycles. The average Bonchev–Trinajstić information content (AvgIpc) is 3.56. The predicted molar refractivity (Wildman–Crippen MR) is 115 cm³/mol. The van der Waals surface area contributed by atoms with Crippen molar-refractivity contribution in [3.8, 4) is 6.07 Å². The molecule has 0 saturated heterocycles. The van der Waals surface area contributed by atoms with Crippen molar-refractivity contribution in [3.05, 3.63) is 65.7 Å². The number of rotatable bonds is 10. The zero-order valence-corrected chi connectivity index (χ0v) is 19.2. The largest absolute Gasteiger partial charge is 0.455 e. The smallest absolute Gasteiger partial charge is 0.336 e. The van der Waals surface area contributed by atoms with Gasteiger partial charge in [0.2, 0.25) is 5.91 Å². The molecule has 0 unspecified atom stereocenters. The lowest BCUT2D eigenvalue weighted by Gasteiger charge is -2.33. The Labute approximate surface area is 202 Å². The van der Waals surface area contributed by atoms with E-state index < -0.39 is 68.4 Å². The Bertz CT molecular complexity index is 1230. The first-order valence-electron chi connectivity index (χ1n) is 10.5. The molecule has 1 heterocycles. The van der Waals surface area contributed by atoms with Crippen molar-refractivity contribution in [2.75, 3.05) is 5.75 Å². The molecular weight excluding hydrogens is 514 g/mol. The van der Waals surface area contributed by atoms with Gasteiger partial charge in [0.25, 0.3) is 0 Å². The second-order valence-corrected chi connectivity index (χ2v) is 10.5. The fraction of sp³-hybridized carbons (Fsp3) is 0.409. The van der Waals surface area contributed by atoms with Crippen LogP contribution in [0.1, 0.15) is 30.0 Å². The molecule has 0 aliphatic heterocycles. The van der Waals surface area contributed by atoms with Crippen molar-refractivity contribution in [2.24, 2.45) is 0 Å². The number of nitriles is 1. The second kappa shape index (κ2) is 10.1. The number of pyridine rings is 1. The molecule has 0 spiro atoms. The normalized spacial score (nSPS) is 17.0. The first-order chi connectivity index (χ1) is 16.7. The maximum atomic E-state index is 14.6. The number of benzene rings is 1. The summed E-state index contributed by atoms with van der Waals surface area (Å²) in [5.74, 6) is -9.48. The third-order valence-electron chi connectivity index (χ3n) is 5.48. The van der Waals surface area contributed by atoms with Gasteiger partial charge >= 0.3 is 12.1 Å². The van der Waals surface area contributed by atoms with E-state index >= 15 is 0 Å². The summed E-state index contributed by atoms with van der Waals surface area (Å²) in [4.78, 5) is 16.7. The molecular formula is C22H20F6N4O3S. The van der Waals surface area contributed by atoms with Crippen LogP contribution in [0.15, 0.2) is 48.8 Å². The first-order valence-corrected chi connectivity index (χ1v) is 12.3. The molecule has 0 bridgehead atoms. The Morgan fingerprint density at radius 2 is 1.78 bits per heavy atom. The van der Waals surface area contributed by atoms with E-state index in [-0.39, 0.29) is 18.4 Å². The molecule has 0 radical (unpaired) electrons. The fourth-order valence-corrected chi connectivity index (χ4v) is 4.94. The van der Waals surface area contributed by atoms with Crippen LogP contribution in [0.4, 0.5) is 26.3 Å². The first kappa shape index (κ1) is 27.4. The number of carbonyl (C=O) groups is 1. The molecule has 2 aromatic rings. The maximum absolute atomic E-state index is 14.6. The molecule has 1 fully saturated rings. The summed E-state index contributed by atoms with van der Waals surface area (Å²) in [6.45, 7) is 0. The van der Waals surface area contributed by atoms with Crippen molar-refractivity contribution in [1.82, 2.24) is 15.6 Å². The van der Waals surface area contributed by atoms with E-state index in [1.165, 1.54) is 24.5 Å². The summed E-state index contributed by atoms with van der Waals surface area (Å²) in [6, 6.07) is 2.23. The van der Waals surface area contributed by atoms with Crippen LogP contribution in [0.2, 0.25) is 0 Å². The van der Waals surface area contributed by atoms with E-state index in [1.807, 2.05) is 5.32 Å². The zero-order chi connectivity index (χ0) is 26.8. The van der Waals surface area contributed by atoms with Crippen molar-refractivity contribution < 1.29 is 39.6 Å². The van der Waals surface area contributed by atoms with Crippen LogP contribution in [-0.4, -0.2) is 48.7 Å². The van der Waals surface area contributed by atoms with Gasteiger partial charge in [0.15, 0.2) is 9.84 Å². The van der Waals surface area contributed by atoms with E-state index in [0.717, 1.165) is 0 Å². The monoisotopic (exact) mass is 534 g/mol. The molecule has 194 valence electrons. The Kier molecular flexibility index (Phi) is 7.66. The van der Waals surface area contributed by atoms with Gasteiger partial charge in [-0.3, -0.25) is 15.1 Å². The number of sulfone groups is 1. The van der Waals surface area contributed by atoms with Crippen molar-refractivity contribution >= 4 is 15.7 Å². The highest BCUT2D eigenvalue weighted by atomic mass is 32.2. The number of halogens is 6. The summed E-state index contributed by atoms with van der Waals surface area (Å²) >= 11 is 0. The minimum atomic E-state index is -6.10. The Hall–Kier alpha value is -3.18. The Balaban J connectivity index is 1.98. The van der Waals surface area contributed by atoms with Crippen molar-refractivity contribution in [3.63, 3.8) is 0 Å². The summed E-state index contributed by atoms with van der Waals surface area (Å²) in [5.41, 5.74) is -1.90. The van der Waals surface area contributed by atoms with Crippen LogP contribution in [0, 0.1) is 17.1 Å². The highest BCUT2D eigenvalue weighted by Gasteiger charge is 2.63. The highest BCUT2D eigenvalue weighted by Crippen LogP contribution is 2.45. The van der Waals surface area contributed by atoms with Gasteiger partial charge in [0.1, 0.15) is 23.4 Å². The average molecular weight is 534 g/mol. The molecule has 14 heteroatoms. The number of nitrogens with zero attached hydrogens (tertiary/aromatic N) is 2. The van der Waals surface area contributed by atoms with Crippen molar-refractivity contribution in [1.29, 1.82) is 5.26 Å². The molecule has 1 amide bonds. The molecule has 2 N–H and O–H groups in total. The summed E-state index contributed by atoms with van der Waals surface area (Å²) in [5, 5.41) is 13.3. The van der Waals surface area contributed by atoms with Gasteiger partial charge in [0, 0.05) is 12.4 Å². The lowest BCUT2D eigenvalue weighted by molar-refractivity contribution is -0.294. The summed E-state index contributed by atoms with van der Waals surface area (Å²) < 4.78 is 108. The van der Waals surface area contributed by atoms with Crippen LogP contribution in [0.3, 0.4) is 0 Å². The topological polar surface area (TPSA) is 112 Å². The highest BCUT2D eigenvalue weighted by molar-refractivity contribution is 7.90. The van der Waals surface area contributed by atoms with Crippen LogP contribution in [-0.2, 0) is 20.4 Å². The van der Waals surface area contributed by atoms with Gasteiger partial charge in [-0.2, -0.15) is 27.2 Å². The van der Waals surface area contributed by atoms with Gasteiger partial charge in [-0.25, -0.2) is 12.8 Å². The quantitative estimate of drug-likeness (QED) is 0.453. The van der Waals surface area contributed by atoms with Gasteiger partial charge in [-0.15, -0.1) is 0 Å². The standard InChI is InChI=1S/C22H20F6N4O3S/c23-16-5-3-15(4-6-16)18(21(24,25)22(26,27)28)31-17(19(33)32-20(13-29)7-8-20)12-36(34,35)11-14-2-1-9-30-10-14/h1-6,9-10,17-18,31H,7-8,11-12H2,(H,32,33)/t17-,18-/m0/s1. The molecule has 2 atom stereocenters. The number of amides is 1. The molecule has 1 aliphatic rings. The predicted octanol–water partition coefficient (Wildman–Crippen LogP) is 3.20. The third kappa shape index (κ3) is 6.52. The number of hydrogen-bond acceptors (Lipinski definition) is 6. The molecule has 3 rings (SSSR count). The number of nitrogens with one attached hydrogen (secondary N) is 2. The van der Waals surface area contributed by atoms with Crippen molar-refractivity contribution in [2.45, 2.75) is 48.3 Å². The van der Waals surface area contributed by atoms with E-state index in [2.05, 4.69) is 10.3 Å². The van der Waals surface area contributed by atoms with Crippen LogP contribution < -0.4 is 10.6 Å². The maximum Gasteiger partial charge on any atom is 0.455 e. The number of alkyl halides is 5. The number of carbonyl (C=O) groups excluding carboxylic acids is 1. The fourth-order valence-electron chi connectivity index (χ4n) is 3.39. The third-order valence-corrected chi connectivity index (χ3v) is 7.10. The van der Waals surface area contributed by atoms with Gasteiger partial charge in [0.05, 0.1) is 17.6 Å². The van der Waals surface area contributed by atoms with Crippen LogP contribution in [0.5, 0.6) is 0 Å². The lowest BCUT2D eigenvalue weighted by Crippen LogP contribution is -2.57. The molecule has 1 saturated carbocycles. The van der Waals surface area contributed by atoms with Gasteiger partial charge in [-0.05, 0) is 42.2 Å². The zero-order valence-electron chi connectivity index (χ0n) is 18.4. The minimum absolute atomic E-state index is 0.197. The molecule has 7 nitrogen and oxygen atoms in total.